The third-order valence-electron chi connectivity index (χ3n) is 2.07. The fourth-order valence-electron chi connectivity index (χ4n) is 1.37. The average Bonchev–Trinajstić information content (AvgIpc) is 1.95. The van der Waals surface area contributed by atoms with Crippen molar-refractivity contribution in [3.8, 4) is 0 Å². The Morgan fingerprint density at radius 1 is 1.50 bits per heavy atom. The molecule has 1 aliphatic heterocycles. The van der Waals surface area contributed by atoms with E-state index in [0.717, 1.165) is 25.9 Å². The second-order valence-electron chi connectivity index (χ2n) is 2.75. The van der Waals surface area contributed by atoms with E-state index in [1.165, 1.54) is 0 Å². The number of likely N-dealkylation sites (N-methyl/N-ethyl adjacent to an activating group) is 1. The number of rotatable bonds is 1. The van der Waals surface area contributed by atoms with Crippen molar-refractivity contribution in [2.45, 2.75) is 32.1 Å². The van der Waals surface area contributed by atoms with Gasteiger partial charge in [-0.25, -0.2) is 0 Å². The van der Waals surface area contributed by atoms with Gasteiger partial charge in [-0.1, -0.05) is 6.92 Å². The average molecular weight is 145 g/mol. The van der Waals surface area contributed by atoms with Crippen molar-refractivity contribution >= 4 is 0 Å². The Labute approximate surface area is 61.3 Å². The van der Waals surface area contributed by atoms with Crippen LogP contribution in [0.4, 0.5) is 0 Å². The maximum absolute atomic E-state index is 9.31. The first-order chi connectivity index (χ1) is 4.75. The molecule has 0 amide bonds. The number of aliphatic hydroxyl groups excluding tert-OH is 2. The van der Waals surface area contributed by atoms with E-state index in [1.54, 1.807) is 0 Å². The van der Waals surface area contributed by atoms with Crippen LogP contribution in [0.25, 0.3) is 0 Å². The normalized spacial score (nSPS) is 36.3. The zero-order valence-corrected chi connectivity index (χ0v) is 6.32. The fraction of sp³-hybridized carbons (Fsp3) is 1.00. The van der Waals surface area contributed by atoms with Gasteiger partial charge in [0.1, 0.15) is 6.23 Å². The zero-order chi connectivity index (χ0) is 7.56. The highest BCUT2D eigenvalue weighted by Gasteiger charge is 2.26. The molecule has 0 bridgehead atoms. The lowest BCUT2D eigenvalue weighted by Gasteiger charge is -2.34. The molecule has 0 aliphatic carbocycles. The highest BCUT2D eigenvalue weighted by Crippen LogP contribution is 2.14. The van der Waals surface area contributed by atoms with Gasteiger partial charge in [0.25, 0.3) is 0 Å². The quantitative estimate of drug-likeness (QED) is 0.536. The molecular formula is C7H15NO2. The van der Waals surface area contributed by atoms with Crippen LogP contribution in [0.3, 0.4) is 0 Å². The van der Waals surface area contributed by atoms with E-state index in [4.69, 9.17) is 0 Å². The van der Waals surface area contributed by atoms with Crippen LogP contribution in [-0.4, -0.2) is 40.5 Å². The Kier molecular flexibility index (Phi) is 2.65. The Morgan fingerprint density at radius 3 is 2.70 bits per heavy atom. The number of likely N-dealkylation sites (tertiary alicyclic amines) is 1. The minimum Gasteiger partial charge on any atom is -0.389 e. The maximum Gasteiger partial charge on any atom is 0.133 e. The fourth-order valence-corrected chi connectivity index (χ4v) is 1.37. The summed E-state index contributed by atoms with van der Waals surface area (Å²) in [7, 11) is 0. The summed E-state index contributed by atoms with van der Waals surface area (Å²) in [5.41, 5.74) is 0. The highest BCUT2D eigenvalue weighted by atomic mass is 16.3. The molecule has 1 heterocycles. The number of piperidine rings is 1. The smallest absolute Gasteiger partial charge is 0.133 e. The summed E-state index contributed by atoms with van der Waals surface area (Å²) in [6, 6.07) is 0. The summed E-state index contributed by atoms with van der Waals surface area (Å²) in [5, 5.41) is 18.5. The van der Waals surface area contributed by atoms with Gasteiger partial charge in [0, 0.05) is 6.54 Å². The molecule has 0 aromatic heterocycles. The van der Waals surface area contributed by atoms with Crippen molar-refractivity contribution in [3.63, 3.8) is 0 Å². The first-order valence-electron chi connectivity index (χ1n) is 3.86. The van der Waals surface area contributed by atoms with Crippen molar-refractivity contribution in [2.75, 3.05) is 13.1 Å². The Bertz CT molecular complexity index is 108. The Hall–Kier alpha value is -0.120. The summed E-state index contributed by atoms with van der Waals surface area (Å²) in [5.74, 6) is 0. The van der Waals surface area contributed by atoms with Gasteiger partial charge in [-0.3, -0.25) is 4.90 Å². The van der Waals surface area contributed by atoms with Crippen LogP contribution in [-0.2, 0) is 0 Å². The lowest BCUT2D eigenvalue weighted by Crippen LogP contribution is -2.47. The van der Waals surface area contributed by atoms with Gasteiger partial charge in [-0.05, 0) is 19.4 Å². The molecule has 0 aromatic carbocycles. The molecule has 1 fully saturated rings. The van der Waals surface area contributed by atoms with Crippen molar-refractivity contribution in [3.05, 3.63) is 0 Å². The molecule has 0 spiro atoms. The van der Waals surface area contributed by atoms with Gasteiger partial charge in [0.05, 0.1) is 6.10 Å². The van der Waals surface area contributed by atoms with Gasteiger partial charge in [0.2, 0.25) is 0 Å². The molecule has 3 nitrogen and oxygen atoms in total. The standard InChI is InChI=1S/C7H15NO2/c1-2-8-5-3-4-6(9)7(8)10/h6-7,9-10H,2-5H2,1H3. The van der Waals surface area contributed by atoms with Crippen LogP contribution in [0.15, 0.2) is 0 Å². The summed E-state index contributed by atoms with van der Waals surface area (Å²) >= 11 is 0. The number of hydrogen-bond donors (Lipinski definition) is 2. The van der Waals surface area contributed by atoms with E-state index in [9.17, 15) is 10.2 Å². The Morgan fingerprint density at radius 2 is 2.20 bits per heavy atom. The summed E-state index contributed by atoms with van der Waals surface area (Å²) in [4.78, 5) is 1.88. The van der Waals surface area contributed by atoms with Crippen LogP contribution in [0.2, 0.25) is 0 Å². The van der Waals surface area contributed by atoms with E-state index in [2.05, 4.69) is 0 Å². The van der Waals surface area contributed by atoms with Gasteiger partial charge in [-0.15, -0.1) is 0 Å². The van der Waals surface area contributed by atoms with Crippen LogP contribution in [0.1, 0.15) is 19.8 Å². The van der Waals surface area contributed by atoms with Crippen LogP contribution in [0.5, 0.6) is 0 Å². The third-order valence-corrected chi connectivity index (χ3v) is 2.07. The molecule has 10 heavy (non-hydrogen) atoms. The monoisotopic (exact) mass is 145 g/mol. The van der Waals surface area contributed by atoms with Gasteiger partial charge < -0.3 is 10.2 Å². The van der Waals surface area contributed by atoms with Crippen LogP contribution >= 0.6 is 0 Å². The molecule has 1 aliphatic rings. The molecule has 3 heteroatoms. The second-order valence-corrected chi connectivity index (χ2v) is 2.75. The van der Waals surface area contributed by atoms with E-state index in [0.29, 0.717) is 0 Å². The summed E-state index contributed by atoms with van der Waals surface area (Å²) < 4.78 is 0. The molecule has 60 valence electrons. The third kappa shape index (κ3) is 1.48. The van der Waals surface area contributed by atoms with Crippen LogP contribution < -0.4 is 0 Å². The minimum absolute atomic E-state index is 0.534. The van der Waals surface area contributed by atoms with Gasteiger partial charge in [-0.2, -0.15) is 0 Å². The number of aliphatic hydroxyl groups is 2. The molecule has 2 atom stereocenters. The number of nitrogens with zero attached hydrogens (tertiary/aromatic N) is 1. The highest BCUT2D eigenvalue weighted by molar-refractivity contribution is 4.74. The number of hydrogen-bond acceptors (Lipinski definition) is 3. The zero-order valence-electron chi connectivity index (χ0n) is 6.32. The molecule has 0 radical (unpaired) electrons. The molecular weight excluding hydrogens is 130 g/mol. The van der Waals surface area contributed by atoms with E-state index in [1.807, 2.05) is 11.8 Å². The van der Waals surface area contributed by atoms with Gasteiger partial charge >= 0.3 is 0 Å². The lowest BCUT2D eigenvalue weighted by molar-refractivity contribution is -0.105. The molecule has 2 N–H and O–H groups in total. The molecule has 1 saturated heterocycles. The van der Waals surface area contributed by atoms with E-state index < -0.39 is 12.3 Å². The SMILES string of the molecule is CCN1CCCC(O)C1O. The first kappa shape index (κ1) is 7.98. The van der Waals surface area contributed by atoms with Crippen molar-refractivity contribution in [1.29, 1.82) is 0 Å². The summed E-state index contributed by atoms with van der Waals surface area (Å²) in [6.45, 7) is 3.72. The first-order valence-corrected chi connectivity index (χ1v) is 3.86. The summed E-state index contributed by atoms with van der Waals surface area (Å²) in [6.07, 6.45) is 0.566. The van der Waals surface area contributed by atoms with Crippen molar-refractivity contribution in [2.24, 2.45) is 0 Å². The Balaban J connectivity index is 2.42. The van der Waals surface area contributed by atoms with Crippen molar-refractivity contribution in [1.82, 2.24) is 4.90 Å². The van der Waals surface area contributed by atoms with Gasteiger partial charge in [0.15, 0.2) is 0 Å². The maximum atomic E-state index is 9.31. The second kappa shape index (κ2) is 3.32. The van der Waals surface area contributed by atoms with Crippen molar-refractivity contribution < 1.29 is 10.2 Å². The largest absolute Gasteiger partial charge is 0.389 e. The predicted octanol–water partition coefficient (Wildman–Crippen LogP) is -0.219. The molecule has 0 saturated carbocycles. The molecule has 0 aromatic rings. The minimum atomic E-state index is -0.626. The van der Waals surface area contributed by atoms with E-state index >= 15 is 0 Å². The van der Waals surface area contributed by atoms with Crippen LogP contribution in [0, 0.1) is 0 Å². The predicted molar refractivity (Wildman–Crippen MR) is 38.5 cm³/mol. The van der Waals surface area contributed by atoms with E-state index in [-0.39, 0.29) is 0 Å². The molecule has 2 unspecified atom stereocenters. The molecule has 1 rings (SSSR count). The lowest BCUT2D eigenvalue weighted by atomic mass is 10.1. The topological polar surface area (TPSA) is 43.7 Å².